The van der Waals surface area contributed by atoms with E-state index in [4.69, 9.17) is 34.3 Å². The van der Waals surface area contributed by atoms with E-state index in [1.165, 1.54) is 18.0 Å². The summed E-state index contributed by atoms with van der Waals surface area (Å²) in [5.74, 6) is -1.49. The van der Waals surface area contributed by atoms with Crippen molar-refractivity contribution in [2.45, 2.75) is 0 Å². The number of rotatable bonds is 9. The minimum Gasteiger partial charge on any atom is -0.370 e. The zero-order valence-corrected chi connectivity index (χ0v) is 21.5. The first-order chi connectivity index (χ1) is 17.7. The molecular formula is C26H26Cl2N6O3. The van der Waals surface area contributed by atoms with Crippen molar-refractivity contribution in [2.75, 3.05) is 32.0 Å². The number of halogens is 2. The molecule has 11 heteroatoms. The number of amides is 3. The number of nitrogens with one attached hydrogen (secondary N) is 4. The van der Waals surface area contributed by atoms with E-state index in [1.54, 1.807) is 30.3 Å². The van der Waals surface area contributed by atoms with Crippen molar-refractivity contribution in [1.82, 2.24) is 15.5 Å². The van der Waals surface area contributed by atoms with Gasteiger partial charge in [-0.05, 0) is 41.5 Å². The van der Waals surface area contributed by atoms with E-state index < -0.39 is 11.8 Å². The molecule has 0 bridgehead atoms. The monoisotopic (exact) mass is 540 g/mol. The predicted octanol–water partition coefficient (Wildman–Crippen LogP) is 3.58. The van der Waals surface area contributed by atoms with Gasteiger partial charge in [0.1, 0.15) is 0 Å². The summed E-state index contributed by atoms with van der Waals surface area (Å²) in [6.07, 6.45) is 0. The number of anilines is 1. The number of likely N-dealkylation sites (N-methyl/N-ethyl adjacent to an activating group) is 1. The normalized spacial score (nSPS) is 10.4. The number of carbonyl (C=O) groups is 3. The van der Waals surface area contributed by atoms with Crippen LogP contribution in [0, 0.1) is 5.41 Å². The molecule has 0 heterocycles. The lowest BCUT2D eigenvalue weighted by Gasteiger charge is -2.17. The van der Waals surface area contributed by atoms with Crippen LogP contribution in [0.2, 0.25) is 10.0 Å². The maximum atomic E-state index is 12.6. The van der Waals surface area contributed by atoms with E-state index >= 15 is 0 Å². The summed E-state index contributed by atoms with van der Waals surface area (Å²) in [5, 5.41) is 15.7. The van der Waals surface area contributed by atoms with Crippen molar-refractivity contribution in [3.63, 3.8) is 0 Å². The van der Waals surface area contributed by atoms with Gasteiger partial charge in [0.15, 0.2) is 5.96 Å². The summed E-state index contributed by atoms with van der Waals surface area (Å²) in [4.78, 5) is 38.8. The lowest BCUT2D eigenvalue weighted by molar-refractivity contribution is -0.121. The molecule has 0 atom stereocenters. The van der Waals surface area contributed by atoms with Crippen LogP contribution in [0.1, 0.15) is 20.7 Å². The summed E-state index contributed by atoms with van der Waals surface area (Å²) >= 11 is 12.7. The molecule has 0 aromatic heterocycles. The van der Waals surface area contributed by atoms with Gasteiger partial charge in [0.25, 0.3) is 11.8 Å². The van der Waals surface area contributed by atoms with Crippen LogP contribution in [0.4, 0.5) is 5.69 Å². The van der Waals surface area contributed by atoms with Crippen molar-refractivity contribution < 1.29 is 14.4 Å². The van der Waals surface area contributed by atoms with Crippen LogP contribution in [0.15, 0.2) is 66.7 Å². The molecule has 0 saturated heterocycles. The third kappa shape index (κ3) is 7.70. The Labute approximate surface area is 224 Å². The SMILES string of the molecule is CN(CC(=O)NCCNC(=O)c1c(Cl)cc(-c2ccccc2)cc1Cl)C(=O)c1cccc(NC(=N)N)c1. The van der Waals surface area contributed by atoms with Gasteiger partial charge >= 0.3 is 0 Å². The Balaban J connectivity index is 1.48. The number of carbonyl (C=O) groups excluding carboxylic acids is 3. The summed E-state index contributed by atoms with van der Waals surface area (Å²) in [7, 11) is 1.50. The molecule has 0 saturated carbocycles. The average molecular weight is 541 g/mol. The lowest BCUT2D eigenvalue weighted by atomic mass is 10.0. The van der Waals surface area contributed by atoms with Crippen molar-refractivity contribution >= 4 is 52.6 Å². The quantitative estimate of drug-likeness (QED) is 0.160. The second-order valence-corrected chi connectivity index (χ2v) is 8.88. The molecule has 3 rings (SSSR count). The number of nitrogens with two attached hydrogens (primary N) is 1. The van der Waals surface area contributed by atoms with Gasteiger partial charge in [0, 0.05) is 31.4 Å². The molecule has 6 N–H and O–H groups in total. The van der Waals surface area contributed by atoms with Gasteiger partial charge in [0.05, 0.1) is 22.2 Å². The maximum absolute atomic E-state index is 12.6. The Hall–Kier alpha value is -4.08. The van der Waals surface area contributed by atoms with Gasteiger partial charge in [-0.15, -0.1) is 0 Å². The molecule has 0 spiro atoms. The predicted molar refractivity (Wildman–Crippen MR) is 146 cm³/mol. The first-order valence-corrected chi connectivity index (χ1v) is 12.0. The zero-order valence-electron chi connectivity index (χ0n) is 20.0. The van der Waals surface area contributed by atoms with E-state index in [-0.39, 0.29) is 47.1 Å². The van der Waals surface area contributed by atoms with Gasteiger partial charge in [-0.25, -0.2) is 0 Å². The summed E-state index contributed by atoms with van der Waals surface area (Å²) in [6, 6.07) is 19.3. The molecular weight excluding hydrogens is 515 g/mol. The average Bonchev–Trinajstić information content (AvgIpc) is 2.86. The van der Waals surface area contributed by atoms with E-state index in [2.05, 4.69) is 16.0 Å². The summed E-state index contributed by atoms with van der Waals surface area (Å²) in [6.45, 7) is 0.0891. The minimum absolute atomic E-state index is 0.133. The highest BCUT2D eigenvalue weighted by Gasteiger charge is 2.18. The van der Waals surface area contributed by atoms with Crippen LogP contribution >= 0.6 is 23.2 Å². The largest absolute Gasteiger partial charge is 0.370 e. The Morgan fingerprint density at radius 1 is 0.892 bits per heavy atom. The number of hydrogen-bond acceptors (Lipinski definition) is 4. The molecule has 0 aliphatic carbocycles. The van der Waals surface area contributed by atoms with Gasteiger partial charge in [-0.3, -0.25) is 19.8 Å². The van der Waals surface area contributed by atoms with Crippen LogP contribution in [0.25, 0.3) is 11.1 Å². The molecule has 9 nitrogen and oxygen atoms in total. The second kappa shape index (κ2) is 12.8. The zero-order chi connectivity index (χ0) is 26.9. The molecule has 0 radical (unpaired) electrons. The smallest absolute Gasteiger partial charge is 0.254 e. The van der Waals surface area contributed by atoms with E-state index in [0.717, 1.165) is 11.1 Å². The standard InChI is InChI=1S/C26H26Cl2N6O3/c1-34(25(37)17-8-5-9-19(12-17)33-26(29)30)15-22(35)31-10-11-32-24(36)23-20(27)13-18(14-21(23)28)16-6-3-2-4-7-16/h2-9,12-14H,10-11,15H2,1H3,(H,31,35)(H,32,36)(H4,29,30,33). The fourth-order valence-corrected chi connectivity index (χ4v) is 4.16. The Kier molecular flexibility index (Phi) is 9.48. The number of nitrogens with zero attached hydrogens (tertiary/aromatic N) is 1. The first kappa shape index (κ1) is 27.5. The molecule has 37 heavy (non-hydrogen) atoms. The number of benzene rings is 3. The van der Waals surface area contributed by atoms with Crippen molar-refractivity contribution in [3.8, 4) is 11.1 Å². The molecule has 3 aromatic carbocycles. The van der Waals surface area contributed by atoms with Crippen LogP contribution in [-0.2, 0) is 4.79 Å². The lowest BCUT2D eigenvalue weighted by Crippen LogP contribution is -2.41. The van der Waals surface area contributed by atoms with Crippen molar-refractivity contribution in [3.05, 3.63) is 87.9 Å². The molecule has 0 fully saturated rings. The van der Waals surface area contributed by atoms with Gasteiger partial charge in [0.2, 0.25) is 5.91 Å². The fraction of sp³-hybridized carbons (Fsp3) is 0.154. The van der Waals surface area contributed by atoms with Crippen LogP contribution in [0.3, 0.4) is 0 Å². The van der Waals surface area contributed by atoms with Gasteiger partial charge in [-0.2, -0.15) is 0 Å². The van der Waals surface area contributed by atoms with E-state index in [1.807, 2.05) is 30.3 Å². The Morgan fingerprint density at radius 3 is 2.19 bits per heavy atom. The molecule has 0 aliphatic rings. The fourth-order valence-electron chi connectivity index (χ4n) is 3.50. The summed E-state index contributed by atoms with van der Waals surface area (Å²) < 4.78 is 0. The van der Waals surface area contributed by atoms with Gasteiger partial charge < -0.3 is 26.6 Å². The summed E-state index contributed by atoms with van der Waals surface area (Å²) in [5.41, 5.74) is 8.00. The maximum Gasteiger partial charge on any atom is 0.254 e. The topological polar surface area (TPSA) is 140 Å². The van der Waals surface area contributed by atoms with Crippen molar-refractivity contribution in [2.24, 2.45) is 5.73 Å². The highest BCUT2D eigenvalue weighted by Crippen LogP contribution is 2.31. The second-order valence-electron chi connectivity index (χ2n) is 8.07. The molecule has 3 amide bonds. The molecule has 0 unspecified atom stereocenters. The molecule has 0 aliphatic heterocycles. The van der Waals surface area contributed by atoms with E-state index in [9.17, 15) is 14.4 Å². The van der Waals surface area contributed by atoms with Crippen LogP contribution < -0.4 is 21.7 Å². The number of hydrogen-bond donors (Lipinski definition) is 5. The Bertz CT molecular complexity index is 1290. The van der Waals surface area contributed by atoms with Gasteiger partial charge in [-0.1, -0.05) is 59.6 Å². The van der Waals surface area contributed by atoms with Crippen molar-refractivity contribution in [1.29, 1.82) is 5.41 Å². The number of guanidine groups is 1. The Morgan fingerprint density at radius 2 is 1.54 bits per heavy atom. The molecule has 192 valence electrons. The third-order valence-corrected chi connectivity index (χ3v) is 5.82. The highest BCUT2D eigenvalue weighted by molar-refractivity contribution is 6.40. The van der Waals surface area contributed by atoms with Crippen LogP contribution in [0.5, 0.6) is 0 Å². The van der Waals surface area contributed by atoms with E-state index in [0.29, 0.717) is 11.3 Å². The minimum atomic E-state index is -0.463. The van der Waals surface area contributed by atoms with Crippen LogP contribution in [-0.4, -0.2) is 55.3 Å². The highest BCUT2D eigenvalue weighted by atomic mass is 35.5. The molecule has 3 aromatic rings. The third-order valence-electron chi connectivity index (χ3n) is 5.23. The first-order valence-electron chi connectivity index (χ1n) is 11.2.